The number of aromatic nitrogens is 2. The fraction of sp³-hybridized carbons (Fsp3) is 0.417. The van der Waals surface area contributed by atoms with Crippen molar-refractivity contribution < 1.29 is 0 Å². The monoisotopic (exact) mass is 203 g/mol. The van der Waals surface area contributed by atoms with E-state index in [1.54, 1.807) is 0 Å². The predicted molar refractivity (Wildman–Crippen MR) is 62.5 cm³/mol. The number of aryl methyl sites for hydroxylation is 1. The third-order valence-electron chi connectivity index (χ3n) is 2.69. The summed E-state index contributed by atoms with van der Waals surface area (Å²) in [5.74, 6) is 0. The highest BCUT2D eigenvalue weighted by molar-refractivity contribution is 5.80. The molecule has 0 aliphatic rings. The van der Waals surface area contributed by atoms with Crippen LogP contribution in [0.5, 0.6) is 0 Å². The number of pyridine rings is 1. The topological polar surface area (TPSA) is 43.8 Å². The Morgan fingerprint density at radius 1 is 1.47 bits per heavy atom. The highest BCUT2D eigenvalue weighted by Gasteiger charge is 2.06. The Labute approximate surface area is 89.9 Å². The van der Waals surface area contributed by atoms with E-state index in [-0.39, 0.29) is 0 Å². The summed E-state index contributed by atoms with van der Waals surface area (Å²) in [4.78, 5) is 4.41. The second-order valence-electron chi connectivity index (χ2n) is 3.78. The lowest BCUT2D eigenvalue weighted by Gasteiger charge is -2.01. The SMILES string of the molecule is CCCCn1cc(CN)c2cccnc21. The second-order valence-corrected chi connectivity index (χ2v) is 3.78. The van der Waals surface area contributed by atoms with Gasteiger partial charge in [-0.15, -0.1) is 0 Å². The predicted octanol–water partition coefficient (Wildman–Crippen LogP) is 2.30. The van der Waals surface area contributed by atoms with Gasteiger partial charge < -0.3 is 10.3 Å². The summed E-state index contributed by atoms with van der Waals surface area (Å²) in [5, 5.41) is 1.19. The van der Waals surface area contributed by atoms with Crippen LogP contribution in [0.15, 0.2) is 24.5 Å². The van der Waals surface area contributed by atoms with Gasteiger partial charge in [-0.3, -0.25) is 0 Å². The molecule has 3 heteroatoms. The first-order valence-corrected chi connectivity index (χ1v) is 5.49. The number of nitrogens with zero attached hydrogens (tertiary/aromatic N) is 2. The van der Waals surface area contributed by atoms with Crippen molar-refractivity contribution in [3.05, 3.63) is 30.1 Å². The van der Waals surface area contributed by atoms with Crippen LogP contribution in [-0.2, 0) is 13.1 Å². The standard InChI is InChI=1S/C12H17N3/c1-2-3-7-15-9-10(8-13)11-5-4-6-14-12(11)15/h4-6,9H,2-3,7-8,13H2,1H3. The van der Waals surface area contributed by atoms with E-state index >= 15 is 0 Å². The molecule has 2 aromatic heterocycles. The second kappa shape index (κ2) is 4.45. The van der Waals surface area contributed by atoms with Gasteiger partial charge in [0.1, 0.15) is 5.65 Å². The molecule has 0 fully saturated rings. The third-order valence-corrected chi connectivity index (χ3v) is 2.69. The maximum atomic E-state index is 5.72. The van der Waals surface area contributed by atoms with Gasteiger partial charge in [-0.25, -0.2) is 4.98 Å². The van der Waals surface area contributed by atoms with Crippen LogP contribution >= 0.6 is 0 Å². The van der Waals surface area contributed by atoms with Gasteiger partial charge in [0.15, 0.2) is 0 Å². The minimum Gasteiger partial charge on any atom is -0.332 e. The van der Waals surface area contributed by atoms with Crippen molar-refractivity contribution in [3.8, 4) is 0 Å². The maximum absolute atomic E-state index is 5.72. The van der Waals surface area contributed by atoms with Gasteiger partial charge in [-0.2, -0.15) is 0 Å². The van der Waals surface area contributed by atoms with Crippen LogP contribution in [0.2, 0.25) is 0 Å². The van der Waals surface area contributed by atoms with Crippen molar-refractivity contribution in [1.29, 1.82) is 0 Å². The number of fused-ring (bicyclic) bond motifs is 1. The van der Waals surface area contributed by atoms with Crippen molar-refractivity contribution in [2.24, 2.45) is 5.73 Å². The van der Waals surface area contributed by atoms with Crippen LogP contribution in [0.1, 0.15) is 25.3 Å². The van der Waals surface area contributed by atoms with Gasteiger partial charge in [-0.05, 0) is 24.1 Å². The lowest BCUT2D eigenvalue weighted by atomic mass is 10.2. The third kappa shape index (κ3) is 1.88. The number of hydrogen-bond donors (Lipinski definition) is 1. The van der Waals surface area contributed by atoms with Gasteiger partial charge in [-0.1, -0.05) is 13.3 Å². The average Bonchev–Trinajstić information content (AvgIpc) is 2.65. The van der Waals surface area contributed by atoms with Crippen LogP contribution in [0.3, 0.4) is 0 Å². The summed E-state index contributed by atoms with van der Waals surface area (Å²) in [6.07, 6.45) is 6.35. The van der Waals surface area contributed by atoms with Gasteiger partial charge in [0.2, 0.25) is 0 Å². The summed E-state index contributed by atoms with van der Waals surface area (Å²) in [6, 6.07) is 4.05. The Hall–Kier alpha value is -1.35. The fourth-order valence-electron chi connectivity index (χ4n) is 1.86. The van der Waals surface area contributed by atoms with E-state index in [0.29, 0.717) is 6.54 Å². The van der Waals surface area contributed by atoms with E-state index in [9.17, 15) is 0 Å². The molecule has 0 atom stereocenters. The molecule has 0 saturated heterocycles. The maximum Gasteiger partial charge on any atom is 0.140 e. The van der Waals surface area contributed by atoms with Crippen molar-refractivity contribution in [2.75, 3.05) is 0 Å². The number of hydrogen-bond acceptors (Lipinski definition) is 2. The quantitative estimate of drug-likeness (QED) is 0.828. The van der Waals surface area contributed by atoms with Crippen LogP contribution in [0.25, 0.3) is 11.0 Å². The van der Waals surface area contributed by atoms with Crippen LogP contribution in [0.4, 0.5) is 0 Å². The first-order valence-electron chi connectivity index (χ1n) is 5.49. The van der Waals surface area contributed by atoms with E-state index in [0.717, 1.165) is 12.2 Å². The molecule has 2 N–H and O–H groups in total. The molecule has 2 heterocycles. The lowest BCUT2D eigenvalue weighted by Crippen LogP contribution is -1.97. The Balaban J connectivity index is 2.45. The lowest BCUT2D eigenvalue weighted by molar-refractivity contribution is 0.644. The van der Waals surface area contributed by atoms with Crippen molar-refractivity contribution >= 4 is 11.0 Å². The van der Waals surface area contributed by atoms with E-state index in [1.165, 1.54) is 23.8 Å². The largest absolute Gasteiger partial charge is 0.332 e. The normalized spacial score (nSPS) is 11.1. The zero-order valence-electron chi connectivity index (χ0n) is 9.11. The van der Waals surface area contributed by atoms with Crippen molar-refractivity contribution in [3.63, 3.8) is 0 Å². The van der Waals surface area contributed by atoms with Crippen LogP contribution in [0, 0.1) is 0 Å². The van der Waals surface area contributed by atoms with E-state index in [4.69, 9.17) is 5.73 Å². The Morgan fingerprint density at radius 2 is 2.33 bits per heavy atom. The first kappa shape index (κ1) is 10.2. The highest BCUT2D eigenvalue weighted by Crippen LogP contribution is 2.19. The minimum absolute atomic E-state index is 0.585. The van der Waals surface area contributed by atoms with Gasteiger partial charge in [0.05, 0.1) is 0 Å². The molecule has 0 aliphatic heterocycles. The first-order chi connectivity index (χ1) is 7.36. The molecule has 0 radical (unpaired) electrons. The molecule has 0 bridgehead atoms. The molecule has 0 spiro atoms. The number of nitrogens with two attached hydrogens (primary N) is 1. The zero-order chi connectivity index (χ0) is 10.7. The highest BCUT2D eigenvalue weighted by atomic mass is 15.0. The van der Waals surface area contributed by atoms with Gasteiger partial charge in [0, 0.05) is 30.9 Å². The molecule has 2 aromatic rings. The average molecular weight is 203 g/mol. The van der Waals surface area contributed by atoms with Gasteiger partial charge in [0.25, 0.3) is 0 Å². The molecule has 0 aromatic carbocycles. The molecular weight excluding hydrogens is 186 g/mol. The summed E-state index contributed by atoms with van der Waals surface area (Å²) in [6.45, 7) is 3.81. The van der Waals surface area contributed by atoms with Gasteiger partial charge >= 0.3 is 0 Å². The van der Waals surface area contributed by atoms with Crippen LogP contribution < -0.4 is 5.73 Å². The summed E-state index contributed by atoms with van der Waals surface area (Å²) >= 11 is 0. The fourth-order valence-corrected chi connectivity index (χ4v) is 1.86. The molecule has 0 aliphatic carbocycles. The van der Waals surface area contributed by atoms with Crippen molar-refractivity contribution in [2.45, 2.75) is 32.9 Å². The minimum atomic E-state index is 0.585. The molecule has 0 amide bonds. The Kier molecular flexibility index (Phi) is 3.02. The summed E-state index contributed by atoms with van der Waals surface area (Å²) in [7, 11) is 0. The number of rotatable bonds is 4. The molecule has 15 heavy (non-hydrogen) atoms. The molecule has 0 saturated carbocycles. The van der Waals surface area contributed by atoms with E-state index in [2.05, 4.69) is 28.7 Å². The summed E-state index contributed by atoms with van der Waals surface area (Å²) in [5.41, 5.74) is 7.97. The molecule has 2 rings (SSSR count). The van der Waals surface area contributed by atoms with Crippen LogP contribution in [-0.4, -0.2) is 9.55 Å². The number of unbranched alkanes of at least 4 members (excludes halogenated alkanes) is 1. The Bertz CT molecular complexity index is 445. The summed E-state index contributed by atoms with van der Waals surface area (Å²) < 4.78 is 2.21. The van der Waals surface area contributed by atoms with E-state index < -0.39 is 0 Å². The molecule has 3 nitrogen and oxygen atoms in total. The molecule has 80 valence electrons. The zero-order valence-corrected chi connectivity index (χ0v) is 9.11. The molecular formula is C12H17N3. The Morgan fingerprint density at radius 3 is 3.07 bits per heavy atom. The van der Waals surface area contributed by atoms with E-state index in [1.807, 2.05) is 12.3 Å². The van der Waals surface area contributed by atoms with Crippen molar-refractivity contribution in [1.82, 2.24) is 9.55 Å². The molecule has 0 unspecified atom stereocenters. The smallest absolute Gasteiger partial charge is 0.140 e.